The fourth-order valence-corrected chi connectivity index (χ4v) is 5.91. The molecule has 1 atom stereocenters. The van der Waals surface area contributed by atoms with E-state index in [1.54, 1.807) is 0 Å². The van der Waals surface area contributed by atoms with Gasteiger partial charge in [-0.15, -0.1) is 0 Å². The van der Waals surface area contributed by atoms with Gasteiger partial charge >= 0.3 is 0 Å². The summed E-state index contributed by atoms with van der Waals surface area (Å²) in [5.41, 5.74) is 7.96. The van der Waals surface area contributed by atoms with E-state index in [4.69, 9.17) is 16.6 Å². The summed E-state index contributed by atoms with van der Waals surface area (Å²) in [6.07, 6.45) is 8.15. The first kappa shape index (κ1) is 23.9. The Morgan fingerprint density at radius 1 is 1.09 bits per heavy atom. The first-order chi connectivity index (χ1) is 17.0. The van der Waals surface area contributed by atoms with E-state index in [1.807, 2.05) is 12.3 Å². The van der Waals surface area contributed by atoms with Crippen molar-refractivity contribution in [1.29, 1.82) is 0 Å². The van der Waals surface area contributed by atoms with Crippen LogP contribution in [0.1, 0.15) is 48.7 Å². The Morgan fingerprint density at radius 2 is 1.89 bits per heavy atom. The van der Waals surface area contributed by atoms with Crippen LogP contribution in [-0.2, 0) is 19.3 Å². The van der Waals surface area contributed by atoms with Crippen molar-refractivity contribution >= 4 is 28.2 Å². The van der Waals surface area contributed by atoms with E-state index in [0.29, 0.717) is 5.92 Å². The van der Waals surface area contributed by atoms with Crippen LogP contribution in [0.2, 0.25) is 5.02 Å². The molecule has 1 aromatic carbocycles. The zero-order valence-electron chi connectivity index (χ0n) is 20.8. The molecule has 3 aromatic rings. The minimum Gasteiger partial charge on any atom is -0.372 e. The fourth-order valence-electron chi connectivity index (χ4n) is 5.55. The molecule has 2 aromatic heterocycles. The van der Waals surface area contributed by atoms with Crippen molar-refractivity contribution in [3.63, 3.8) is 0 Å². The maximum Gasteiger partial charge on any atom is 0.0727 e. The molecule has 1 unspecified atom stereocenters. The zero-order valence-corrected chi connectivity index (χ0v) is 21.5. The Morgan fingerprint density at radius 3 is 2.63 bits per heavy atom. The first-order valence-corrected chi connectivity index (χ1v) is 13.3. The normalized spacial score (nSPS) is 17.9. The number of hydrogen-bond acceptors (Lipinski definition) is 4. The monoisotopic (exact) mass is 486 g/mol. The van der Waals surface area contributed by atoms with E-state index in [0.717, 1.165) is 103 Å². The number of pyridine rings is 2. The van der Waals surface area contributed by atoms with Crippen LogP contribution in [0.4, 0.5) is 0 Å². The van der Waals surface area contributed by atoms with Crippen LogP contribution in [0.3, 0.4) is 0 Å². The summed E-state index contributed by atoms with van der Waals surface area (Å²) in [5.74, 6) is 0.551. The standard InChI is InChI=1S/C30H35ClN4/c1-4-7-21(2)34-14-16-35(17-15-34)22(3)24-10-12-27-29(20-24)33-28-19-23(9-11-26(28)30(27)31)18-25-8-5-6-13-32-25/h5-6,8,10,12-13,20,23H,2-4,7,9,11,14-19H2,1H3. The number of fused-ring (bicyclic) bond motifs is 2. The van der Waals surface area contributed by atoms with Gasteiger partial charge in [0, 0.05) is 60.5 Å². The number of aromatic nitrogens is 2. The number of nitrogens with zero attached hydrogens (tertiary/aromatic N) is 4. The molecule has 2 aliphatic rings. The summed E-state index contributed by atoms with van der Waals surface area (Å²) in [6, 6.07) is 12.6. The van der Waals surface area contributed by atoms with Crippen molar-refractivity contribution in [1.82, 2.24) is 19.8 Å². The second-order valence-corrected chi connectivity index (χ2v) is 10.3. The maximum atomic E-state index is 6.92. The van der Waals surface area contributed by atoms with Gasteiger partial charge in [0.1, 0.15) is 0 Å². The molecule has 3 heterocycles. The number of hydrogen-bond donors (Lipinski definition) is 0. The molecule has 0 saturated carbocycles. The lowest BCUT2D eigenvalue weighted by molar-refractivity contribution is 0.209. The quantitative estimate of drug-likeness (QED) is 0.380. The second-order valence-electron chi connectivity index (χ2n) is 9.95. The molecule has 1 aliphatic carbocycles. The average molecular weight is 487 g/mol. The molecule has 1 fully saturated rings. The third kappa shape index (κ3) is 5.08. The first-order valence-electron chi connectivity index (χ1n) is 12.9. The van der Waals surface area contributed by atoms with E-state index in [1.165, 1.54) is 11.3 Å². The minimum atomic E-state index is 0.551. The largest absolute Gasteiger partial charge is 0.372 e. The fraction of sp³-hybridized carbons (Fsp3) is 0.400. The van der Waals surface area contributed by atoms with Gasteiger partial charge in [-0.2, -0.15) is 0 Å². The third-order valence-electron chi connectivity index (χ3n) is 7.59. The molecule has 1 saturated heterocycles. The van der Waals surface area contributed by atoms with E-state index in [9.17, 15) is 0 Å². The average Bonchev–Trinajstić information content (AvgIpc) is 2.89. The predicted molar refractivity (Wildman–Crippen MR) is 146 cm³/mol. The van der Waals surface area contributed by atoms with Gasteiger partial charge in [-0.3, -0.25) is 9.97 Å². The highest BCUT2D eigenvalue weighted by Gasteiger charge is 2.25. The number of rotatable bonds is 7. The summed E-state index contributed by atoms with van der Waals surface area (Å²) in [6.45, 7) is 14.9. The molecule has 0 bridgehead atoms. The summed E-state index contributed by atoms with van der Waals surface area (Å²) < 4.78 is 0. The summed E-state index contributed by atoms with van der Waals surface area (Å²) in [5, 5.41) is 1.92. The maximum absolute atomic E-state index is 6.92. The van der Waals surface area contributed by atoms with Crippen LogP contribution < -0.4 is 0 Å². The van der Waals surface area contributed by atoms with Crippen LogP contribution in [0.15, 0.2) is 61.4 Å². The van der Waals surface area contributed by atoms with Gasteiger partial charge in [0.15, 0.2) is 0 Å². The van der Waals surface area contributed by atoms with Crippen molar-refractivity contribution < 1.29 is 0 Å². The van der Waals surface area contributed by atoms with E-state index in [-0.39, 0.29) is 0 Å². The van der Waals surface area contributed by atoms with Crippen molar-refractivity contribution in [2.75, 3.05) is 26.2 Å². The molecular weight excluding hydrogens is 452 g/mol. The minimum absolute atomic E-state index is 0.551. The molecule has 0 radical (unpaired) electrons. The second kappa shape index (κ2) is 10.4. The van der Waals surface area contributed by atoms with E-state index < -0.39 is 0 Å². The predicted octanol–water partition coefficient (Wildman–Crippen LogP) is 6.53. The van der Waals surface area contributed by atoms with E-state index >= 15 is 0 Å². The smallest absolute Gasteiger partial charge is 0.0727 e. The van der Waals surface area contributed by atoms with Crippen LogP contribution in [-0.4, -0.2) is 45.9 Å². The Hall–Kier alpha value is -2.85. The molecule has 0 amide bonds. The Kier molecular flexibility index (Phi) is 7.10. The number of benzene rings is 1. The van der Waals surface area contributed by atoms with Crippen LogP contribution in [0.5, 0.6) is 0 Å². The van der Waals surface area contributed by atoms with Gasteiger partial charge in [-0.05, 0) is 67.3 Å². The van der Waals surface area contributed by atoms with Crippen molar-refractivity contribution in [2.24, 2.45) is 5.92 Å². The molecule has 4 nitrogen and oxygen atoms in total. The Labute approximate surface area is 214 Å². The van der Waals surface area contributed by atoms with Gasteiger partial charge in [0.25, 0.3) is 0 Å². The highest BCUT2D eigenvalue weighted by Crippen LogP contribution is 2.36. The highest BCUT2D eigenvalue weighted by molar-refractivity contribution is 6.36. The molecular formula is C30H35ClN4. The topological polar surface area (TPSA) is 32.3 Å². The third-order valence-corrected chi connectivity index (χ3v) is 8.02. The summed E-state index contributed by atoms with van der Waals surface area (Å²) in [4.78, 5) is 14.5. The lowest BCUT2D eigenvalue weighted by Gasteiger charge is -2.39. The number of halogens is 1. The van der Waals surface area contributed by atoms with Gasteiger partial charge < -0.3 is 9.80 Å². The van der Waals surface area contributed by atoms with Crippen molar-refractivity contribution in [3.8, 4) is 0 Å². The van der Waals surface area contributed by atoms with Gasteiger partial charge in [-0.25, -0.2) is 0 Å². The van der Waals surface area contributed by atoms with Crippen molar-refractivity contribution in [3.05, 3.63) is 89.0 Å². The molecule has 0 N–H and O–H groups in total. The highest BCUT2D eigenvalue weighted by atomic mass is 35.5. The van der Waals surface area contributed by atoms with Crippen molar-refractivity contribution in [2.45, 2.75) is 45.4 Å². The zero-order chi connectivity index (χ0) is 24.4. The van der Waals surface area contributed by atoms with Gasteiger partial charge in [-0.1, -0.05) is 56.3 Å². The Balaban J connectivity index is 1.33. The summed E-state index contributed by atoms with van der Waals surface area (Å²) in [7, 11) is 0. The molecule has 1 aliphatic heterocycles. The van der Waals surface area contributed by atoms with Gasteiger partial charge in [0.05, 0.1) is 10.5 Å². The molecule has 182 valence electrons. The lowest BCUT2D eigenvalue weighted by Crippen LogP contribution is -2.44. The Bertz CT molecular complexity index is 1230. The van der Waals surface area contributed by atoms with Crippen LogP contribution in [0.25, 0.3) is 16.6 Å². The molecule has 5 heteroatoms. The van der Waals surface area contributed by atoms with Gasteiger partial charge in [0.2, 0.25) is 0 Å². The molecule has 5 rings (SSSR count). The molecule has 35 heavy (non-hydrogen) atoms. The number of piperazine rings is 1. The lowest BCUT2D eigenvalue weighted by atomic mass is 9.83. The number of allylic oxidation sites excluding steroid dienone is 1. The summed E-state index contributed by atoms with van der Waals surface area (Å²) >= 11 is 6.92. The SMILES string of the molecule is C=C(CCC)N1CCN(C(=C)c2ccc3c(Cl)c4c(nc3c2)CC(Cc2ccccn2)CC4)CC1. The van der Waals surface area contributed by atoms with Crippen LogP contribution in [0, 0.1) is 5.92 Å². The van der Waals surface area contributed by atoms with E-state index in [2.05, 4.69) is 65.2 Å². The molecule has 0 spiro atoms. The van der Waals surface area contributed by atoms with Crippen LogP contribution >= 0.6 is 11.6 Å².